The molecule has 3 aromatic rings. The van der Waals surface area contributed by atoms with Gasteiger partial charge in [-0.05, 0) is 54.3 Å². The average molecular weight is 619 g/mol. The topological polar surface area (TPSA) is 86.8 Å². The third-order valence-corrected chi connectivity index (χ3v) is 8.48. The maximum Gasteiger partial charge on any atom is 0.243 e. The number of rotatable bonds is 15. The minimum Gasteiger partial charge on any atom is -0.354 e. The van der Waals surface area contributed by atoms with Crippen LogP contribution in [0.25, 0.3) is 0 Å². The van der Waals surface area contributed by atoms with Gasteiger partial charge in [0.05, 0.1) is 11.9 Å². The van der Waals surface area contributed by atoms with Gasteiger partial charge >= 0.3 is 0 Å². The minimum atomic E-state index is -3.60. The molecular formula is C31H37Cl2N3O4S. The van der Waals surface area contributed by atoms with Crippen LogP contribution in [-0.2, 0) is 32.6 Å². The monoisotopic (exact) mass is 617 g/mol. The van der Waals surface area contributed by atoms with Crippen molar-refractivity contribution in [1.82, 2.24) is 10.2 Å². The van der Waals surface area contributed by atoms with E-state index in [1.54, 1.807) is 35.2 Å². The molecule has 0 saturated carbocycles. The Bertz CT molecular complexity index is 1390. The summed E-state index contributed by atoms with van der Waals surface area (Å²) in [4.78, 5) is 29.0. The number of sulfonamides is 1. The lowest BCUT2D eigenvalue weighted by Gasteiger charge is -2.32. The van der Waals surface area contributed by atoms with E-state index >= 15 is 0 Å². The molecule has 1 unspecified atom stereocenters. The molecule has 0 saturated heterocycles. The molecule has 1 N–H and O–H groups in total. The fourth-order valence-electron chi connectivity index (χ4n) is 4.48. The van der Waals surface area contributed by atoms with Gasteiger partial charge in [-0.1, -0.05) is 85.1 Å². The molecule has 7 nitrogen and oxygen atoms in total. The molecule has 3 aromatic carbocycles. The van der Waals surface area contributed by atoms with E-state index in [0.717, 1.165) is 30.2 Å². The van der Waals surface area contributed by atoms with Crippen LogP contribution in [0.5, 0.6) is 0 Å². The van der Waals surface area contributed by atoms with Crippen molar-refractivity contribution < 1.29 is 18.0 Å². The molecule has 0 aliphatic heterocycles. The molecule has 41 heavy (non-hydrogen) atoms. The maximum atomic E-state index is 13.9. The quantitative estimate of drug-likeness (QED) is 0.209. The third kappa shape index (κ3) is 10.1. The van der Waals surface area contributed by atoms with E-state index in [1.165, 1.54) is 4.31 Å². The normalized spacial score (nSPS) is 12.0. The number of hydrogen-bond acceptors (Lipinski definition) is 4. The Morgan fingerprint density at radius 1 is 0.902 bits per heavy atom. The molecule has 10 heteroatoms. The number of amides is 2. The van der Waals surface area contributed by atoms with Gasteiger partial charge in [-0.15, -0.1) is 0 Å². The smallest absolute Gasteiger partial charge is 0.243 e. The van der Waals surface area contributed by atoms with Crippen LogP contribution in [0.3, 0.4) is 0 Å². The van der Waals surface area contributed by atoms with E-state index < -0.39 is 16.1 Å². The SMILES string of the molecule is CCCCNC(=O)C(Cc1ccccc1)N(Cc1ccccc1Cl)C(=O)CCCN(c1ccc(Cl)cc1)S(C)(=O)=O. The summed E-state index contributed by atoms with van der Waals surface area (Å²) < 4.78 is 26.4. The molecule has 0 radical (unpaired) electrons. The van der Waals surface area contributed by atoms with Gasteiger partial charge < -0.3 is 10.2 Å². The predicted octanol–water partition coefficient (Wildman–Crippen LogP) is 6.10. The van der Waals surface area contributed by atoms with Gasteiger partial charge in [0.15, 0.2) is 0 Å². The summed E-state index contributed by atoms with van der Waals surface area (Å²) in [5.74, 6) is -0.498. The van der Waals surface area contributed by atoms with Crippen molar-refractivity contribution in [2.24, 2.45) is 0 Å². The summed E-state index contributed by atoms with van der Waals surface area (Å²) in [5, 5.41) is 3.99. The van der Waals surface area contributed by atoms with Crippen molar-refractivity contribution in [3.63, 3.8) is 0 Å². The number of carbonyl (C=O) groups is 2. The van der Waals surface area contributed by atoms with Crippen LogP contribution in [-0.4, -0.2) is 50.5 Å². The van der Waals surface area contributed by atoms with Gasteiger partial charge in [0.2, 0.25) is 21.8 Å². The number of nitrogens with zero attached hydrogens (tertiary/aromatic N) is 2. The van der Waals surface area contributed by atoms with Gasteiger partial charge in [-0.25, -0.2) is 8.42 Å². The summed E-state index contributed by atoms with van der Waals surface area (Å²) in [7, 11) is -3.60. The molecule has 0 fully saturated rings. The lowest BCUT2D eigenvalue weighted by atomic mass is 10.0. The molecule has 0 aromatic heterocycles. The zero-order valence-electron chi connectivity index (χ0n) is 23.4. The lowest BCUT2D eigenvalue weighted by molar-refractivity contribution is -0.141. The fraction of sp³-hybridized carbons (Fsp3) is 0.355. The van der Waals surface area contributed by atoms with E-state index in [1.807, 2.05) is 55.5 Å². The number of carbonyl (C=O) groups excluding carboxylic acids is 2. The number of hydrogen-bond donors (Lipinski definition) is 1. The van der Waals surface area contributed by atoms with Gasteiger partial charge in [0.1, 0.15) is 6.04 Å². The Morgan fingerprint density at radius 2 is 1.56 bits per heavy atom. The number of halogens is 2. The van der Waals surface area contributed by atoms with Crippen molar-refractivity contribution in [2.45, 2.75) is 51.6 Å². The van der Waals surface area contributed by atoms with E-state index in [-0.39, 0.29) is 37.7 Å². The third-order valence-electron chi connectivity index (χ3n) is 6.67. The van der Waals surface area contributed by atoms with Gasteiger partial charge in [0, 0.05) is 42.5 Å². The van der Waals surface area contributed by atoms with Crippen molar-refractivity contribution >= 4 is 50.7 Å². The molecule has 2 amide bonds. The first-order valence-electron chi connectivity index (χ1n) is 13.7. The van der Waals surface area contributed by atoms with Crippen LogP contribution in [0.2, 0.25) is 10.0 Å². The van der Waals surface area contributed by atoms with E-state index in [2.05, 4.69) is 5.32 Å². The Hall–Kier alpha value is -3.07. The first kappa shape index (κ1) is 32.4. The van der Waals surface area contributed by atoms with Crippen LogP contribution in [0.15, 0.2) is 78.9 Å². The molecular weight excluding hydrogens is 581 g/mol. The van der Waals surface area contributed by atoms with E-state index in [0.29, 0.717) is 28.7 Å². The molecule has 0 aliphatic rings. The van der Waals surface area contributed by atoms with Crippen molar-refractivity contribution in [1.29, 1.82) is 0 Å². The van der Waals surface area contributed by atoms with Gasteiger partial charge in [-0.3, -0.25) is 13.9 Å². The predicted molar refractivity (Wildman–Crippen MR) is 167 cm³/mol. The molecule has 0 aliphatic carbocycles. The Kier molecular flexibility index (Phi) is 12.5. The number of unbranched alkanes of at least 4 members (excludes halogenated alkanes) is 1. The molecule has 1 atom stereocenters. The van der Waals surface area contributed by atoms with Crippen LogP contribution in [0.4, 0.5) is 5.69 Å². The maximum absolute atomic E-state index is 13.9. The number of benzene rings is 3. The second-order valence-corrected chi connectivity index (χ2v) is 12.6. The van der Waals surface area contributed by atoms with Crippen molar-refractivity contribution in [2.75, 3.05) is 23.7 Å². The summed E-state index contributed by atoms with van der Waals surface area (Å²) >= 11 is 12.5. The lowest BCUT2D eigenvalue weighted by Crippen LogP contribution is -2.50. The number of anilines is 1. The standard InChI is InChI=1S/C31H37Cl2N3O4S/c1-3-4-20-34-31(38)29(22-24-11-6-5-7-12-24)35(23-25-13-8-9-14-28(25)33)30(37)15-10-21-36(41(2,39)40)27-18-16-26(32)17-19-27/h5-9,11-14,16-19,29H,3-4,10,15,20-23H2,1-2H3,(H,34,38). The van der Waals surface area contributed by atoms with E-state index in [4.69, 9.17) is 23.2 Å². The molecule has 0 bridgehead atoms. The number of nitrogens with one attached hydrogen (secondary N) is 1. The molecule has 0 heterocycles. The molecule has 220 valence electrons. The summed E-state index contributed by atoms with van der Waals surface area (Å²) in [6, 6.07) is 22.5. The van der Waals surface area contributed by atoms with Crippen molar-refractivity contribution in [3.05, 3.63) is 100 Å². The van der Waals surface area contributed by atoms with Crippen LogP contribution >= 0.6 is 23.2 Å². The highest BCUT2D eigenvalue weighted by Gasteiger charge is 2.30. The second kappa shape index (κ2) is 15.8. The highest BCUT2D eigenvalue weighted by Crippen LogP contribution is 2.23. The summed E-state index contributed by atoms with van der Waals surface area (Å²) in [6.45, 7) is 2.80. The van der Waals surface area contributed by atoms with Crippen LogP contribution < -0.4 is 9.62 Å². The second-order valence-electron chi connectivity index (χ2n) is 9.88. The minimum absolute atomic E-state index is 0.0393. The zero-order chi connectivity index (χ0) is 29.8. The summed E-state index contributed by atoms with van der Waals surface area (Å²) in [5.41, 5.74) is 2.11. The molecule has 0 spiro atoms. The highest BCUT2D eigenvalue weighted by molar-refractivity contribution is 7.92. The van der Waals surface area contributed by atoms with Crippen LogP contribution in [0, 0.1) is 0 Å². The van der Waals surface area contributed by atoms with Crippen molar-refractivity contribution in [3.8, 4) is 0 Å². The summed E-state index contributed by atoms with van der Waals surface area (Å²) in [6.07, 6.45) is 3.50. The van der Waals surface area contributed by atoms with Gasteiger partial charge in [-0.2, -0.15) is 0 Å². The Morgan fingerprint density at radius 3 is 2.20 bits per heavy atom. The van der Waals surface area contributed by atoms with Crippen LogP contribution in [0.1, 0.15) is 43.7 Å². The zero-order valence-corrected chi connectivity index (χ0v) is 25.8. The fourth-order valence-corrected chi connectivity index (χ4v) is 5.77. The molecule has 3 rings (SSSR count). The van der Waals surface area contributed by atoms with E-state index in [9.17, 15) is 18.0 Å². The first-order valence-corrected chi connectivity index (χ1v) is 16.3. The first-order chi connectivity index (χ1) is 19.6. The van der Waals surface area contributed by atoms with Gasteiger partial charge in [0.25, 0.3) is 0 Å². The largest absolute Gasteiger partial charge is 0.354 e. The Balaban J connectivity index is 1.87. The Labute approximate surface area is 253 Å². The highest BCUT2D eigenvalue weighted by atomic mass is 35.5. The average Bonchev–Trinajstić information content (AvgIpc) is 2.94.